The molecule has 0 saturated heterocycles. The van der Waals surface area contributed by atoms with Crippen LogP contribution in [0.4, 0.5) is 0 Å². The fourth-order valence-electron chi connectivity index (χ4n) is 0.362. The van der Waals surface area contributed by atoms with Crippen molar-refractivity contribution < 1.29 is 9.90 Å². The molecule has 68 valence electrons. The van der Waals surface area contributed by atoms with Crippen molar-refractivity contribution in [1.29, 1.82) is 0 Å². The summed E-state index contributed by atoms with van der Waals surface area (Å²) < 4.78 is 0. The predicted octanol–water partition coefficient (Wildman–Crippen LogP) is 0.873. The second kappa shape index (κ2) is 12.1. The molecule has 0 aromatic rings. The second-order valence-corrected chi connectivity index (χ2v) is 2.50. The van der Waals surface area contributed by atoms with Gasteiger partial charge in [0.05, 0.1) is 0 Å². The molecule has 0 aliphatic rings. The summed E-state index contributed by atoms with van der Waals surface area (Å²) in [5, 5.41) is 8.20. The Morgan fingerprint density at radius 3 is 1.91 bits per heavy atom. The van der Waals surface area contributed by atoms with Gasteiger partial charge in [0.1, 0.15) is 0 Å². The largest absolute Gasteiger partial charge is 0.396 e. The smallest absolute Gasteiger partial charge is 0.209 e. The van der Waals surface area contributed by atoms with E-state index in [4.69, 9.17) is 5.11 Å². The van der Waals surface area contributed by atoms with Crippen molar-refractivity contribution in [3.05, 3.63) is 0 Å². The van der Waals surface area contributed by atoms with Crippen LogP contribution in [-0.2, 0) is 4.79 Å². The zero-order valence-corrected chi connectivity index (χ0v) is 7.71. The molecule has 0 aromatic heterocycles. The summed E-state index contributed by atoms with van der Waals surface area (Å²) >= 11 is 0. The third-order valence-corrected chi connectivity index (χ3v) is 0.972. The molecule has 0 aliphatic heterocycles. The highest BCUT2D eigenvalue weighted by atomic mass is 16.2. The van der Waals surface area contributed by atoms with Crippen LogP contribution < -0.4 is 0 Å². The standard InChI is InChI=1S/C5H12O.C3H7NO/c1-2-3-4-5-6;1-4(2)3-5/h6H,2-5H2,1H3;3H,1-2H3. The van der Waals surface area contributed by atoms with E-state index in [1.807, 2.05) is 0 Å². The molecule has 3 nitrogen and oxygen atoms in total. The maximum absolute atomic E-state index is 9.43. The van der Waals surface area contributed by atoms with Crippen LogP contribution in [-0.4, -0.2) is 37.1 Å². The second-order valence-electron chi connectivity index (χ2n) is 2.50. The number of aliphatic hydroxyl groups excluding tert-OH is 1. The van der Waals surface area contributed by atoms with E-state index in [-0.39, 0.29) is 0 Å². The van der Waals surface area contributed by atoms with Crippen LogP contribution in [0.5, 0.6) is 0 Å². The number of carbonyl (C=O) groups excluding carboxylic acids is 1. The van der Waals surface area contributed by atoms with Gasteiger partial charge >= 0.3 is 0 Å². The van der Waals surface area contributed by atoms with Crippen LogP contribution in [0.3, 0.4) is 0 Å². The molecule has 0 bridgehead atoms. The van der Waals surface area contributed by atoms with Gasteiger partial charge in [0, 0.05) is 20.7 Å². The predicted molar refractivity (Wildman–Crippen MR) is 46.4 cm³/mol. The summed E-state index contributed by atoms with van der Waals surface area (Å²) in [6.07, 6.45) is 4.08. The lowest BCUT2D eigenvalue weighted by Gasteiger charge is -1.93. The van der Waals surface area contributed by atoms with Crippen LogP contribution in [0.25, 0.3) is 0 Å². The first-order valence-electron chi connectivity index (χ1n) is 3.91. The Hall–Kier alpha value is -0.570. The monoisotopic (exact) mass is 161 g/mol. The van der Waals surface area contributed by atoms with E-state index in [9.17, 15) is 4.79 Å². The van der Waals surface area contributed by atoms with Gasteiger partial charge in [-0.2, -0.15) is 0 Å². The topological polar surface area (TPSA) is 40.5 Å². The highest BCUT2D eigenvalue weighted by Crippen LogP contribution is 1.89. The molecule has 0 aliphatic carbocycles. The first kappa shape index (κ1) is 13.1. The number of carbonyl (C=O) groups is 1. The van der Waals surface area contributed by atoms with Gasteiger partial charge in [0.15, 0.2) is 0 Å². The van der Waals surface area contributed by atoms with E-state index in [0.717, 1.165) is 19.3 Å². The zero-order valence-electron chi connectivity index (χ0n) is 7.71. The lowest BCUT2D eigenvalue weighted by Crippen LogP contribution is -2.06. The Bertz CT molecular complexity index is 70.5. The Kier molecular flexibility index (Phi) is 14.4. The lowest BCUT2D eigenvalue weighted by atomic mass is 10.3. The summed E-state index contributed by atoms with van der Waals surface area (Å²) in [4.78, 5) is 10.9. The maximum atomic E-state index is 9.43. The average Bonchev–Trinajstić information content (AvgIpc) is 2.02. The normalized spacial score (nSPS) is 8.00. The van der Waals surface area contributed by atoms with Gasteiger partial charge in [-0.3, -0.25) is 4.79 Å². The maximum Gasteiger partial charge on any atom is 0.209 e. The summed E-state index contributed by atoms with van der Waals surface area (Å²) in [6.45, 7) is 2.48. The molecule has 0 aromatic carbocycles. The third kappa shape index (κ3) is 26.5. The number of unbranched alkanes of at least 4 members (excludes halogenated alkanes) is 2. The molecule has 1 amide bonds. The number of hydrogen-bond acceptors (Lipinski definition) is 2. The van der Waals surface area contributed by atoms with Crippen LogP contribution >= 0.6 is 0 Å². The van der Waals surface area contributed by atoms with Gasteiger partial charge in [-0.05, 0) is 6.42 Å². The Balaban J connectivity index is 0. The van der Waals surface area contributed by atoms with E-state index < -0.39 is 0 Å². The molecule has 0 heterocycles. The molecule has 0 saturated carbocycles. The first-order chi connectivity index (χ1) is 5.18. The van der Waals surface area contributed by atoms with Crippen molar-refractivity contribution in [2.45, 2.75) is 26.2 Å². The summed E-state index contributed by atoms with van der Waals surface area (Å²) in [6, 6.07) is 0. The molecule has 0 spiro atoms. The third-order valence-electron chi connectivity index (χ3n) is 0.972. The van der Waals surface area contributed by atoms with Gasteiger partial charge in [0.25, 0.3) is 0 Å². The SMILES string of the molecule is CCCCCO.CN(C)C=O. The number of aliphatic hydroxyl groups is 1. The summed E-state index contributed by atoms with van der Waals surface area (Å²) in [5.74, 6) is 0. The number of nitrogens with zero attached hydrogens (tertiary/aromatic N) is 1. The fourth-order valence-corrected chi connectivity index (χ4v) is 0.362. The average molecular weight is 161 g/mol. The minimum Gasteiger partial charge on any atom is -0.396 e. The van der Waals surface area contributed by atoms with Gasteiger partial charge < -0.3 is 10.0 Å². The van der Waals surface area contributed by atoms with Crippen LogP contribution in [0.2, 0.25) is 0 Å². The molecular formula is C8H19NO2. The van der Waals surface area contributed by atoms with E-state index in [1.54, 1.807) is 14.1 Å². The fraction of sp³-hybridized carbons (Fsp3) is 0.875. The summed E-state index contributed by atoms with van der Waals surface area (Å²) in [5.41, 5.74) is 0. The molecule has 0 atom stereocenters. The van der Waals surface area contributed by atoms with E-state index in [1.165, 1.54) is 11.3 Å². The Morgan fingerprint density at radius 2 is 1.82 bits per heavy atom. The highest BCUT2D eigenvalue weighted by molar-refractivity contribution is 5.45. The number of hydrogen-bond donors (Lipinski definition) is 1. The van der Waals surface area contributed by atoms with E-state index in [0.29, 0.717) is 6.61 Å². The van der Waals surface area contributed by atoms with Crippen molar-refractivity contribution in [3.8, 4) is 0 Å². The molecule has 11 heavy (non-hydrogen) atoms. The van der Waals surface area contributed by atoms with Crippen molar-refractivity contribution in [2.75, 3.05) is 20.7 Å². The summed E-state index contributed by atoms with van der Waals surface area (Å²) in [7, 11) is 3.38. The van der Waals surface area contributed by atoms with Gasteiger partial charge in [-0.1, -0.05) is 19.8 Å². The quantitative estimate of drug-likeness (QED) is 0.491. The molecule has 0 unspecified atom stereocenters. The Labute approximate surface area is 69.0 Å². The van der Waals surface area contributed by atoms with Gasteiger partial charge in [0.2, 0.25) is 6.41 Å². The highest BCUT2D eigenvalue weighted by Gasteiger charge is 1.76. The molecule has 0 rings (SSSR count). The lowest BCUT2D eigenvalue weighted by molar-refractivity contribution is -0.115. The van der Waals surface area contributed by atoms with Crippen LogP contribution in [0.15, 0.2) is 0 Å². The van der Waals surface area contributed by atoms with Crippen molar-refractivity contribution in [1.82, 2.24) is 4.90 Å². The number of rotatable bonds is 4. The van der Waals surface area contributed by atoms with Crippen molar-refractivity contribution >= 4 is 6.41 Å². The van der Waals surface area contributed by atoms with Crippen molar-refractivity contribution in [2.24, 2.45) is 0 Å². The molecule has 3 heteroatoms. The number of amides is 1. The van der Waals surface area contributed by atoms with Gasteiger partial charge in [-0.25, -0.2) is 0 Å². The molecule has 1 N–H and O–H groups in total. The van der Waals surface area contributed by atoms with E-state index >= 15 is 0 Å². The van der Waals surface area contributed by atoms with E-state index in [2.05, 4.69) is 6.92 Å². The van der Waals surface area contributed by atoms with Crippen molar-refractivity contribution in [3.63, 3.8) is 0 Å². The minimum absolute atomic E-state index is 0.355. The molecule has 0 fully saturated rings. The first-order valence-corrected chi connectivity index (χ1v) is 3.91. The molecular weight excluding hydrogens is 142 g/mol. The Morgan fingerprint density at radius 1 is 1.36 bits per heavy atom. The minimum atomic E-state index is 0.355. The molecule has 0 radical (unpaired) electrons. The van der Waals surface area contributed by atoms with Crippen LogP contribution in [0, 0.1) is 0 Å². The van der Waals surface area contributed by atoms with Gasteiger partial charge in [-0.15, -0.1) is 0 Å². The van der Waals surface area contributed by atoms with Crippen LogP contribution in [0.1, 0.15) is 26.2 Å². The zero-order chi connectivity index (χ0) is 9.11.